The molecule has 0 spiro atoms. The Morgan fingerprint density at radius 1 is 1.16 bits per heavy atom. The minimum Gasteiger partial charge on any atom is -0.478 e. The van der Waals surface area contributed by atoms with Crippen molar-refractivity contribution >= 4 is 23.0 Å². The molecule has 1 fully saturated rings. The lowest BCUT2D eigenvalue weighted by molar-refractivity contribution is 0.0609. The molecule has 2 heterocycles. The molecule has 1 aromatic carbocycles. The molecular formula is C23H27N5O3. The number of aliphatic hydroxyl groups is 1. The first-order chi connectivity index (χ1) is 14.9. The number of aryl methyl sites for hydroxylation is 1. The van der Waals surface area contributed by atoms with Crippen LogP contribution in [0.25, 0.3) is 22.6 Å². The quantitative estimate of drug-likeness (QED) is 0.541. The number of hydrogen-bond donors (Lipinski definition) is 3. The Morgan fingerprint density at radius 3 is 2.55 bits per heavy atom. The van der Waals surface area contributed by atoms with Crippen molar-refractivity contribution in [2.24, 2.45) is 7.05 Å². The maximum atomic E-state index is 11.3. The van der Waals surface area contributed by atoms with Gasteiger partial charge in [-0.25, -0.2) is 19.7 Å². The van der Waals surface area contributed by atoms with Crippen LogP contribution in [0.15, 0.2) is 24.3 Å². The second-order valence-electron chi connectivity index (χ2n) is 7.33. The maximum absolute atomic E-state index is 11.3. The zero-order valence-electron chi connectivity index (χ0n) is 18.0. The number of carboxylic acid groups (broad SMARTS) is 1. The molecule has 1 saturated carbocycles. The average molecular weight is 422 g/mol. The van der Waals surface area contributed by atoms with Crippen LogP contribution in [0.3, 0.4) is 0 Å². The van der Waals surface area contributed by atoms with Crippen molar-refractivity contribution in [3.63, 3.8) is 0 Å². The summed E-state index contributed by atoms with van der Waals surface area (Å²) in [5, 5.41) is 19.8. The lowest BCUT2D eigenvalue weighted by atomic mass is 9.85. The summed E-state index contributed by atoms with van der Waals surface area (Å²) in [5.74, 6) is 5.71. The zero-order valence-corrected chi connectivity index (χ0v) is 18.0. The monoisotopic (exact) mass is 421 g/mol. The van der Waals surface area contributed by atoms with Crippen LogP contribution >= 0.6 is 0 Å². The number of fused-ring (bicyclic) bond motifs is 1. The highest BCUT2D eigenvalue weighted by Gasteiger charge is 2.26. The van der Waals surface area contributed by atoms with Crippen molar-refractivity contribution in [1.82, 2.24) is 19.5 Å². The molecule has 1 aliphatic rings. The second-order valence-corrected chi connectivity index (χ2v) is 7.33. The van der Waals surface area contributed by atoms with Crippen LogP contribution in [0.2, 0.25) is 0 Å². The standard InChI is InChI=1S/C21H21N5O3.C2H6/c1-26-18(13-6-5-7-14(12-13)20(27)28)25-16-17(22)23-15(24-19(16)26)8-11-21(29)9-3-2-4-10-21;1-2/h5-7,12,29H,2-4,9-10H2,1H3,(H,27,28)(H2,22,23,24);1-2H3. The van der Waals surface area contributed by atoms with E-state index in [0.717, 1.165) is 19.3 Å². The zero-order chi connectivity index (χ0) is 22.6. The van der Waals surface area contributed by atoms with Crippen molar-refractivity contribution in [1.29, 1.82) is 0 Å². The summed E-state index contributed by atoms with van der Waals surface area (Å²) < 4.78 is 1.73. The van der Waals surface area contributed by atoms with Crippen LogP contribution < -0.4 is 5.73 Å². The molecule has 3 aromatic rings. The molecule has 0 unspecified atom stereocenters. The molecule has 0 aliphatic heterocycles. The van der Waals surface area contributed by atoms with E-state index in [9.17, 15) is 15.0 Å². The second kappa shape index (κ2) is 9.14. The molecule has 0 amide bonds. The molecule has 1 aliphatic carbocycles. The molecule has 0 bridgehead atoms. The van der Waals surface area contributed by atoms with Crippen molar-refractivity contribution in [2.45, 2.75) is 51.6 Å². The van der Waals surface area contributed by atoms with Gasteiger partial charge >= 0.3 is 5.97 Å². The minimum absolute atomic E-state index is 0.167. The van der Waals surface area contributed by atoms with E-state index in [4.69, 9.17) is 5.73 Å². The summed E-state index contributed by atoms with van der Waals surface area (Å²) >= 11 is 0. The van der Waals surface area contributed by atoms with E-state index in [-0.39, 0.29) is 17.2 Å². The van der Waals surface area contributed by atoms with Gasteiger partial charge in [-0.05, 0) is 43.7 Å². The van der Waals surface area contributed by atoms with Gasteiger partial charge in [0.25, 0.3) is 0 Å². The highest BCUT2D eigenvalue weighted by molar-refractivity contribution is 5.90. The number of imidazole rings is 1. The number of hydrogen-bond acceptors (Lipinski definition) is 6. The predicted molar refractivity (Wildman–Crippen MR) is 119 cm³/mol. The number of nitrogens with zero attached hydrogens (tertiary/aromatic N) is 4. The van der Waals surface area contributed by atoms with Crippen molar-refractivity contribution in [2.75, 3.05) is 5.73 Å². The smallest absolute Gasteiger partial charge is 0.335 e. The van der Waals surface area contributed by atoms with Crippen LogP contribution in [0.5, 0.6) is 0 Å². The molecule has 0 atom stereocenters. The van der Waals surface area contributed by atoms with Gasteiger partial charge in [0.15, 0.2) is 17.0 Å². The van der Waals surface area contributed by atoms with Gasteiger partial charge in [0.2, 0.25) is 5.82 Å². The van der Waals surface area contributed by atoms with Crippen molar-refractivity contribution in [3.05, 3.63) is 35.7 Å². The number of aromatic nitrogens is 4. The number of nitrogen functional groups attached to an aromatic ring is 1. The van der Waals surface area contributed by atoms with Gasteiger partial charge in [0.05, 0.1) is 5.56 Å². The lowest BCUT2D eigenvalue weighted by Gasteiger charge is -2.26. The normalized spacial score (nSPS) is 14.8. The van der Waals surface area contributed by atoms with E-state index >= 15 is 0 Å². The fourth-order valence-corrected chi connectivity index (χ4v) is 3.62. The number of carbonyl (C=O) groups is 1. The first-order valence-corrected chi connectivity index (χ1v) is 10.5. The summed E-state index contributed by atoms with van der Waals surface area (Å²) in [4.78, 5) is 24.5. The third-order valence-corrected chi connectivity index (χ3v) is 5.20. The third-order valence-electron chi connectivity index (χ3n) is 5.20. The van der Waals surface area contributed by atoms with Crippen LogP contribution in [0, 0.1) is 11.8 Å². The van der Waals surface area contributed by atoms with Crippen LogP contribution in [-0.2, 0) is 7.05 Å². The van der Waals surface area contributed by atoms with E-state index < -0.39 is 11.6 Å². The largest absolute Gasteiger partial charge is 0.478 e. The Kier molecular flexibility index (Phi) is 6.56. The van der Waals surface area contributed by atoms with Crippen molar-refractivity contribution < 1.29 is 15.0 Å². The number of benzene rings is 1. The molecule has 0 radical (unpaired) electrons. The van der Waals surface area contributed by atoms with Crippen LogP contribution in [0.4, 0.5) is 5.82 Å². The molecule has 4 N–H and O–H groups in total. The van der Waals surface area contributed by atoms with Gasteiger partial charge in [-0.2, -0.15) is 0 Å². The lowest BCUT2D eigenvalue weighted by Crippen LogP contribution is -2.29. The summed E-state index contributed by atoms with van der Waals surface area (Å²) in [6, 6.07) is 6.50. The minimum atomic E-state index is -1.01. The van der Waals surface area contributed by atoms with E-state index in [1.54, 1.807) is 29.8 Å². The van der Waals surface area contributed by atoms with Gasteiger partial charge in [0, 0.05) is 12.6 Å². The maximum Gasteiger partial charge on any atom is 0.335 e. The Balaban J connectivity index is 0.00000132. The van der Waals surface area contributed by atoms with Crippen LogP contribution in [0.1, 0.15) is 62.1 Å². The first-order valence-electron chi connectivity index (χ1n) is 10.5. The number of aromatic carboxylic acids is 1. The molecule has 2 aromatic heterocycles. The molecule has 162 valence electrons. The fraction of sp³-hybridized carbons (Fsp3) is 0.391. The Labute approximate surface area is 181 Å². The summed E-state index contributed by atoms with van der Waals surface area (Å²) in [5.41, 5.74) is 6.80. The van der Waals surface area contributed by atoms with E-state index in [1.807, 2.05) is 13.8 Å². The van der Waals surface area contributed by atoms with Gasteiger partial charge in [0.1, 0.15) is 11.4 Å². The summed E-state index contributed by atoms with van der Waals surface area (Å²) in [6.45, 7) is 4.00. The predicted octanol–water partition coefficient (Wildman–Crippen LogP) is 3.38. The number of nitrogens with two attached hydrogens (primary N) is 1. The molecule has 31 heavy (non-hydrogen) atoms. The van der Waals surface area contributed by atoms with Gasteiger partial charge < -0.3 is 20.5 Å². The summed E-state index contributed by atoms with van der Waals surface area (Å²) in [6.07, 6.45) is 4.31. The van der Waals surface area contributed by atoms with E-state index in [0.29, 0.717) is 35.4 Å². The SMILES string of the molecule is CC.Cn1c(-c2cccc(C(=O)O)c2)nc2c(N)nc(C#CC3(O)CCCCC3)nc21. The van der Waals surface area contributed by atoms with Gasteiger partial charge in [-0.15, -0.1) is 0 Å². The number of carboxylic acids is 1. The highest BCUT2D eigenvalue weighted by Crippen LogP contribution is 2.28. The molecule has 8 heteroatoms. The topological polar surface area (TPSA) is 127 Å². The van der Waals surface area contributed by atoms with Gasteiger partial charge in [-0.3, -0.25) is 0 Å². The van der Waals surface area contributed by atoms with Crippen molar-refractivity contribution in [3.8, 4) is 23.2 Å². The Morgan fingerprint density at radius 2 is 1.87 bits per heavy atom. The third kappa shape index (κ3) is 4.67. The Bertz CT molecular complexity index is 1170. The highest BCUT2D eigenvalue weighted by atomic mass is 16.4. The molecule has 0 saturated heterocycles. The van der Waals surface area contributed by atoms with Crippen LogP contribution in [-0.4, -0.2) is 41.3 Å². The summed E-state index contributed by atoms with van der Waals surface area (Å²) in [7, 11) is 1.77. The molecule has 4 rings (SSSR count). The van der Waals surface area contributed by atoms with Gasteiger partial charge in [-0.1, -0.05) is 38.3 Å². The first kappa shape index (κ1) is 22.2. The van der Waals surface area contributed by atoms with E-state index in [1.165, 1.54) is 6.07 Å². The molecular weight excluding hydrogens is 394 g/mol. The fourth-order valence-electron chi connectivity index (χ4n) is 3.62. The average Bonchev–Trinajstić information content (AvgIpc) is 3.11. The molecule has 8 nitrogen and oxygen atoms in total. The number of rotatable bonds is 2. The number of anilines is 1. The Hall–Kier alpha value is -3.44. The van der Waals surface area contributed by atoms with E-state index in [2.05, 4.69) is 26.8 Å².